The number of esters is 1. The molecule has 1 heterocycles. The van der Waals surface area contributed by atoms with Gasteiger partial charge < -0.3 is 10.5 Å². The quantitative estimate of drug-likeness (QED) is 0.380. The lowest BCUT2D eigenvalue weighted by Crippen LogP contribution is -2.13. The smallest absolute Gasteiger partial charge is 0.339 e. The van der Waals surface area contributed by atoms with Gasteiger partial charge in [0, 0.05) is 21.5 Å². The zero-order chi connectivity index (χ0) is 21.1. The molecule has 1 aromatic heterocycles. The van der Waals surface area contributed by atoms with Crippen molar-refractivity contribution in [2.24, 2.45) is 0 Å². The van der Waals surface area contributed by atoms with E-state index in [0.717, 1.165) is 5.39 Å². The van der Waals surface area contributed by atoms with Crippen LogP contribution in [0.1, 0.15) is 32.1 Å². The van der Waals surface area contributed by atoms with E-state index in [4.69, 9.17) is 22.1 Å². The third kappa shape index (κ3) is 3.99. The Morgan fingerprint density at radius 3 is 2.30 bits per heavy atom. The van der Waals surface area contributed by atoms with Gasteiger partial charge >= 0.3 is 5.97 Å². The molecule has 0 radical (unpaired) electrons. The predicted octanol–water partition coefficient (Wildman–Crippen LogP) is 4.45. The summed E-state index contributed by atoms with van der Waals surface area (Å²) in [6.45, 7) is -0.169. The van der Waals surface area contributed by atoms with Gasteiger partial charge in [-0.05, 0) is 42.5 Å². The van der Waals surface area contributed by atoms with Crippen LogP contribution in [-0.4, -0.2) is 21.7 Å². The van der Waals surface area contributed by atoms with Gasteiger partial charge in [-0.3, -0.25) is 4.79 Å². The Hall–Kier alpha value is -3.77. The molecule has 2 N–H and O–H groups in total. The molecule has 30 heavy (non-hydrogen) atoms. The van der Waals surface area contributed by atoms with E-state index in [9.17, 15) is 9.59 Å². The molecule has 3 aromatic carbocycles. The lowest BCUT2D eigenvalue weighted by atomic mass is 9.98. The normalized spacial score (nSPS) is 10.7. The standard InChI is InChI=1S/C23H16ClN3O3/c24-15-11-9-14(10-12-15)21(28)16-5-1-2-6-17(16)23(29)30-13-20-26-19-8-4-3-7-18(19)22(25)27-20/h1-12H,13H2,(H2,25,26,27). The van der Waals surface area contributed by atoms with Crippen LogP contribution in [0.4, 0.5) is 5.82 Å². The van der Waals surface area contributed by atoms with Crippen molar-refractivity contribution in [3.8, 4) is 0 Å². The van der Waals surface area contributed by atoms with Crippen molar-refractivity contribution in [3.63, 3.8) is 0 Å². The van der Waals surface area contributed by atoms with E-state index in [-0.39, 0.29) is 29.3 Å². The topological polar surface area (TPSA) is 95.2 Å². The van der Waals surface area contributed by atoms with E-state index in [1.807, 2.05) is 18.2 Å². The number of para-hydroxylation sites is 1. The van der Waals surface area contributed by atoms with E-state index in [1.54, 1.807) is 54.6 Å². The van der Waals surface area contributed by atoms with Gasteiger partial charge in [-0.2, -0.15) is 0 Å². The second-order valence-electron chi connectivity index (χ2n) is 6.50. The average molecular weight is 418 g/mol. The first-order chi connectivity index (χ1) is 14.5. The van der Waals surface area contributed by atoms with Crippen molar-refractivity contribution in [2.45, 2.75) is 6.61 Å². The molecule has 0 fully saturated rings. The molecule has 0 aliphatic rings. The monoisotopic (exact) mass is 417 g/mol. The summed E-state index contributed by atoms with van der Waals surface area (Å²) in [6.07, 6.45) is 0. The summed E-state index contributed by atoms with van der Waals surface area (Å²) in [7, 11) is 0. The molecule has 4 rings (SSSR count). The molecule has 0 aliphatic heterocycles. The van der Waals surface area contributed by atoms with Gasteiger partial charge in [0.05, 0.1) is 11.1 Å². The Kier molecular flexibility index (Phi) is 5.41. The van der Waals surface area contributed by atoms with Gasteiger partial charge in [-0.15, -0.1) is 0 Å². The van der Waals surface area contributed by atoms with Crippen LogP contribution >= 0.6 is 11.6 Å². The first-order valence-electron chi connectivity index (χ1n) is 9.10. The van der Waals surface area contributed by atoms with Crippen molar-refractivity contribution in [2.75, 3.05) is 5.73 Å². The SMILES string of the molecule is Nc1nc(COC(=O)c2ccccc2C(=O)c2ccc(Cl)cc2)nc2ccccc12. The second kappa shape index (κ2) is 8.31. The summed E-state index contributed by atoms with van der Waals surface area (Å²) in [4.78, 5) is 34.1. The van der Waals surface area contributed by atoms with E-state index < -0.39 is 5.97 Å². The number of benzene rings is 3. The van der Waals surface area contributed by atoms with Gasteiger partial charge in [0.1, 0.15) is 5.82 Å². The Bertz CT molecular complexity index is 1260. The summed E-state index contributed by atoms with van der Waals surface area (Å²) >= 11 is 5.88. The molecule has 0 bridgehead atoms. The highest BCUT2D eigenvalue weighted by Gasteiger charge is 2.19. The Balaban J connectivity index is 1.56. The van der Waals surface area contributed by atoms with E-state index in [0.29, 0.717) is 21.9 Å². The number of halogens is 1. The fourth-order valence-electron chi connectivity index (χ4n) is 3.04. The number of ketones is 1. The van der Waals surface area contributed by atoms with Crippen LogP contribution in [-0.2, 0) is 11.3 Å². The molecule has 7 heteroatoms. The Morgan fingerprint density at radius 1 is 0.867 bits per heavy atom. The van der Waals surface area contributed by atoms with Gasteiger partial charge in [0.2, 0.25) is 0 Å². The number of hydrogen-bond donors (Lipinski definition) is 1. The van der Waals surface area contributed by atoms with Crippen LogP contribution in [0.3, 0.4) is 0 Å². The van der Waals surface area contributed by atoms with E-state index in [2.05, 4.69) is 9.97 Å². The molecule has 0 spiro atoms. The Labute approximate surface area is 177 Å². The van der Waals surface area contributed by atoms with Crippen LogP contribution in [0, 0.1) is 0 Å². The summed E-state index contributed by atoms with van der Waals surface area (Å²) in [5.74, 6) is -0.361. The summed E-state index contributed by atoms with van der Waals surface area (Å²) in [6, 6.07) is 20.2. The number of nitrogens with zero attached hydrogens (tertiary/aromatic N) is 2. The van der Waals surface area contributed by atoms with Crippen LogP contribution in [0.15, 0.2) is 72.8 Å². The summed E-state index contributed by atoms with van der Waals surface area (Å²) in [5.41, 5.74) is 7.45. The summed E-state index contributed by atoms with van der Waals surface area (Å²) in [5, 5.41) is 1.25. The number of ether oxygens (including phenoxy) is 1. The lowest BCUT2D eigenvalue weighted by Gasteiger charge is -2.10. The maximum absolute atomic E-state index is 12.9. The molecule has 6 nitrogen and oxygen atoms in total. The largest absolute Gasteiger partial charge is 0.454 e. The molecule has 148 valence electrons. The highest BCUT2D eigenvalue weighted by Crippen LogP contribution is 2.20. The molecule has 0 saturated carbocycles. The first kappa shape index (κ1) is 19.5. The first-order valence-corrected chi connectivity index (χ1v) is 9.48. The van der Waals surface area contributed by atoms with Crippen molar-refractivity contribution in [1.29, 1.82) is 0 Å². The molecule has 4 aromatic rings. The number of anilines is 1. The number of carbonyl (C=O) groups excluding carboxylic acids is 2. The molecular formula is C23H16ClN3O3. The second-order valence-corrected chi connectivity index (χ2v) is 6.94. The maximum Gasteiger partial charge on any atom is 0.339 e. The van der Waals surface area contributed by atoms with Crippen LogP contribution in [0.5, 0.6) is 0 Å². The highest BCUT2D eigenvalue weighted by molar-refractivity contribution is 6.30. The number of nitrogens with two attached hydrogens (primary N) is 1. The van der Waals surface area contributed by atoms with Crippen LogP contribution in [0.25, 0.3) is 10.9 Å². The number of carbonyl (C=O) groups is 2. The van der Waals surface area contributed by atoms with Gasteiger partial charge in [0.15, 0.2) is 18.2 Å². The molecule has 0 atom stereocenters. The number of nitrogen functional groups attached to an aromatic ring is 1. The van der Waals surface area contributed by atoms with Gasteiger partial charge in [0.25, 0.3) is 0 Å². The van der Waals surface area contributed by atoms with Crippen molar-refractivity contribution in [1.82, 2.24) is 9.97 Å². The van der Waals surface area contributed by atoms with Crippen LogP contribution in [0.2, 0.25) is 5.02 Å². The zero-order valence-electron chi connectivity index (χ0n) is 15.7. The van der Waals surface area contributed by atoms with Crippen LogP contribution < -0.4 is 5.73 Å². The van der Waals surface area contributed by atoms with Gasteiger partial charge in [-0.25, -0.2) is 14.8 Å². The third-order valence-electron chi connectivity index (χ3n) is 4.51. The average Bonchev–Trinajstić information content (AvgIpc) is 2.77. The summed E-state index contributed by atoms with van der Waals surface area (Å²) < 4.78 is 5.37. The molecular weight excluding hydrogens is 402 g/mol. The number of rotatable bonds is 5. The molecule has 0 amide bonds. The minimum absolute atomic E-state index is 0.159. The molecule has 0 saturated heterocycles. The molecule has 0 aliphatic carbocycles. The predicted molar refractivity (Wildman–Crippen MR) is 114 cm³/mol. The fourth-order valence-corrected chi connectivity index (χ4v) is 3.17. The lowest BCUT2D eigenvalue weighted by molar-refractivity contribution is 0.0460. The van der Waals surface area contributed by atoms with Crippen molar-refractivity contribution >= 4 is 40.1 Å². The Morgan fingerprint density at radius 2 is 1.53 bits per heavy atom. The minimum atomic E-state index is -0.650. The minimum Gasteiger partial charge on any atom is -0.454 e. The maximum atomic E-state index is 12.9. The molecule has 0 unspecified atom stereocenters. The van der Waals surface area contributed by atoms with Gasteiger partial charge in [-0.1, -0.05) is 41.9 Å². The van der Waals surface area contributed by atoms with Crippen molar-refractivity contribution in [3.05, 3.63) is 100 Å². The number of hydrogen-bond acceptors (Lipinski definition) is 6. The van der Waals surface area contributed by atoms with E-state index >= 15 is 0 Å². The van der Waals surface area contributed by atoms with E-state index in [1.165, 1.54) is 0 Å². The number of aromatic nitrogens is 2. The zero-order valence-corrected chi connectivity index (χ0v) is 16.5. The number of fused-ring (bicyclic) bond motifs is 1. The fraction of sp³-hybridized carbons (Fsp3) is 0.0435. The van der Waals surface area contributed by atoms with Crippen molar-refractivity contribution < 1.29 is 14.3 Å². The third-order valence-corrected chi connectivity index (χ3v) is 4.76. The highest BCUT2D eigenvalue weighted by atomic mass is 35.5.